The quantitative estimate of drug-likeness (QED) is 0.836. The SMILES string of the molecule is NCC(Oc1ccccc1OC(F)(F)F)C(F)(F)C(F)(F)F. The minimum absolute atomic E-state index is 0.697. The van der Waals surface area contributed by atoms with Crippen molar-refractivity contribution in [3.8, 4) is 11.5 Å². The van der Waals surface area contributed by atoms with Gasteiger partial charge < -0.3 is 15.2 Å². The van der Waals surface area contributed by atoms with Crippen molar-refractivity contribution >= 4 is 0 Å². The van der Waals surface area contributed by atoms with Gasteiger partial charge in [-0.15, -0.1) is 13.2 Å². The molecule has 22 heavy (non-hydrogen) atoms. The smallest absolute Gasteiger partial charge is 0.478 e. The van der Waals surface area contributed by atoms with E-state index in [9.17, 15) is 35.1 Å². The predicted octanol–water partition coefficient (Wildman–Crippen LogP) is 3.49. The highest BCUT2D eigenvalue weighted by Crippen LogP contribution is 2.41. The average molecular weight is 339 g/mol. The minimum Gasteiger partial charge on any atom is -0.478 e. The summed E-state index contributed by atoms with van der Waals surface area (Å²) < 4.78 is 107. The first-order valence-electron chi connectivity index (χ1n) is 5.54. The van der Waals surface area contributed by atoms with Gasteiger partial charge in [0.15, 0.2) is 17.6 Å². The second-order valence-corrected chi connectivity index (χ2v) is 3.96. The zero-order valence-electron chi connectivity index (χ0n) is 10.5. The van der Waals surface area contributed by atoms with Crippen LogP contribution in [0.25, 0.3) is 0 Å². The second kappa shape index (κ2) is 6.15. The van der Waals surface area contributed by atoms with Gasteiger partial charge in [-0.25, -0.2) is 0 Å². The van der Waals surface area contributed by atoms with E-state index in [0.717, 1.165) is 18.2 Å². The molecule has 0 spiro atoms. The molecular formula is C11H9F8NO2. The maximum Gasteiger partial charge on any atom is 0.573 e. The van der Waals surface area contributed by atoms with E-state index in [1.165, 1.54) is 0 Å². The number of alkyl halides is 8. The Bertz CT molecular complexity index is 500. The molecule has 126 valence electrons. The van der Waals surface area contributed by atoms with Crippen molar-refractivity contribution in [3.05, 3.63) is 24.3 Å². The van der Waals surface area contributed by atoms with E-state index in [-0.39, 0.29) is 0 Å². The van der Waals surface area contributed by atoms with Crippen LogP contribution in [0.2, 0.25) is 0 Å². The highest BCUT2D eigenvalue weighted by molar-refractivity contribution is 5.40. The van der Waals surface area contributed by atoms with Crippen LogP contribution >= 0.6 is 0 Å². The number of nitrogens with two attached hydrogens (primary N) is 1. The van der Waals surface area contributed by atoms with Crippen molar-refractivity contribution in [2.45, 2.75) is 24.6 Å². The molecule has 1 aromatic rings. The fourth-order valence-electron chi connectivity index (χ4n) is 1.36. The monoisotopic (exact) mass is 339 g/mol. The van der Waals surface area contributed by atoms with Crippen LogP contribution in [0, 0.1) is 0 Å². The van der Waals surface area contributed by atoms with Crippen molar-refractivity contribution in [3.63, 3.8) is 0 Å². The number of halogens is 8. The molecule has 0 amide bonds. The van der Waals surface area contributed by atoms with E-state index in [1.807, 2.05) is 0 Å². The van der Waals surface area contributed by atoms with Gasteiger partial charge in [-0.1, -0.05) is 12.1 Å². The van der Waals surface area contributed by atoms with Crippen LogP contribution in [0.3, 0.4) is 0 Å². The number of benzene rings is 1. The summed E-state index contributed by atoms with van der Waals surface area (Å²) in [6.45, 7) is -1.28. The Morgan fingerprint density at radius 1 is 0.909 bits per heavy atom. The normalized spacial score (nSPS) is 14.6. The summed E-state index contributed by atoms with van der Waals surface area (Å²) in [5.41, 5.74) is 4.81. The molecule has 0 heterocycles. The molecule has 3 nitrogen and oxygen atoms in total. The highest BCUT2D eigenvalue weighted by Gasteiger charge is 2.63. The summed E-state index contributed by atoms with van der Waals surface area (Å²) >= 11 is 0. The Labute approximate surface area is 118 Å². The highest BCUT2D eigenvalue weighted by atomic mass is 19.4. The van der Waals surface area contributed by atoms with Crippen molar-refractivity contribution in [2.24, 2.45) is 5.73 Å². The summed E-state index contributed by atoms with van der Waals surface area (Å²) in [5, 5.41) is 0. The number of rotatable bonds is 5. The minimum atomic E-state index is -5.98. The van der Waals surface area contributed by atoms with Gasteiger partial charge in [0.1, 0.15) is 0 Å². The molecule has 1 unspecified atom stereocenters. The van der Waals surface area contributed by atoms with E-state index < -0.39 is 42.6 Å². The third-order valence-electron chi connectivity index (χ3n) is 2.34. The predicted molar refractivity (Wildman–Crippen MR) is 57.6 cm³/mol. The summed E-state index contributed by atoms with van der Waals surface area (Å²) in [4.78, 5) is 0. The first-order valence-corrected chi connectivity index (χ1v) is 5.54. The Morgan fingerprint density at radius 3 is 1.82 bits per heavy atom. The molecule has 0 saturated heterocycles. The zero-order chi connectivity index (χ0) is 17.2. The van der Waals surface area contributed by atoms with Crippen molar-refractivity contribution in [1.29, 1.82) is 0 Å². The second-order valence-electron chi connectivity index (χ2n) is 3.96. The maximum atomic E-state index is 13.2. The fraction of sp³-hybridized carbons (Fsp3) is 0.455. The van der Waals surface area contributed by atoms with Crippen LogP contribution < -0.4 is 15.2 Å². The molecule has 1 aromatic carbocycles. The molecule has 11 heteroatoms. The number of hydrogen-bond acceptors (Lipinski definition) is 3. The molecule has 0 fully saturated rings. The molecule has 0 bridgehead atoms. The molecule has 1 rings (SSSR count). The third-order valence-corrected chi connectivity index (χ3v) is 2.34. The Morgan fingerprint density at radius 2 is 1.41 bits per heavy atom. The summed E-state index contributed by atoms with van der Waals surface area (Å²) in [6.07, 6.45) is -14.1. The summed E-state index contributed by atoms with van der Waals surface area (Å²) in [7, 11) is 0. The van der Waals surface area contributed by atoms with Crippen molar-refractivity contribution < 1.29 is 44.6 Å². The topological polar surface area (TPSA) is 44.5 Å². The Hall–Kier alpha value is -1.78. The van der Waals surface area contributed by atoms with Crippen LogP contribution in [0.1, 0.15) is 0 Å². The van der Waals surface area contributed by atoms with E-state index in [2.05, 4.69) is 9.47 Å². The van der Waals surface area contributed by atoms with Crippen LogP contribution in [0.5, 0.6) is 11.5 Å². The van der Waals surface area contributed by atoms with Gasteiger partial charge in [-0.3, -0.25) is 0 Å². The van der Waals surface area contributed by atoms with E-state index >= 15 is 0 Å². The molecule has 0 radical (unpaired) electrons. The number of ether oxygens (including phenoxy) is 2. The molecular weight excluding hydrogens is 330 g/mol. The lowest BCUT2D eigenvalue weighted by molar-refractivity contribution is -0.308. The standard InChI is InChI=1S/C11H9F8NO2/c12-9(13,10(14,15)16)8(5-20)21-6-3-1-2-4-7(6)22-11(17,18)19/h1-4,8H,5,20H2. The van der Waals surface area contributed by atoms with Gasteiger partial charge in [0.25, 0.3) is 0 Å². The third kappa shape index (κ3) is 4.36. The maximum absolute atomic E-state index is 13.2. The van der Waals surface area contributed by atoms with Gasteiger partial charge in [-0.2, -0.15) is 22.0 Å². The van der Waals surface area contributed by atoms with E-state index in [4.69, 9.17) is 5.73 Å². The molecule has 0 aliphatic heterocycles. The summed E-state index contributed by atoms with van der Waals surface area (Å²) in [5.74, 6) is -7.36. The fourth-order valence-corrected chi connectivity index (χ4v) is 1.36. The molecule has 1 atom stereocenters. The van der Waals surface area contributed by atoms with Crippen molar-refractivity contribution in [1.82, 2.24) is 0 Å². The first-order chi connectivity index (χ1) is 9.88. The van der Waals surface area contributed by atoms with E-state index in [0.29, 0.717) is 6.07 Å². The van der Waals surface area contributed by atoms with Crippen LogP contribution in [0.4, 0.5) is 35.1 Å². The van der Waals surface area contributed by atoms with Crippen LogP contribution in [-0.4, -0.2) is 31.1 Å². The van der Waals surface area contributed by atoms with E-state index in [1.54, 1.807) is 0 Å². The Kier molecular flexibility index (Phi) is 5.10. The summed E-state index contributed by atoms with van der Waals surface area (Å²) in [6, 6.07) is 3.56. The van der Waals surface area contributed by atoms with Crippen molar-refractivity contribution in [2.75, 3.05) is 6.54 Å². The molecule has 0 aliphatic rings. The largest absolute Gasteiger partial charge is 0.573 e. The lowest BCUT2D eigenvalue weighted by atomic mass is 10.1. The first kappa shape index (κ1) is 18.3. The average Bonchev–Trinajstić information content (AvgIpc) is 2.34. The molecule has 0 aliphatic carbocycles. The van der Waals surface area contributed by atoms with Crippen LogP contribution in [-0.2, 0) is 0 Å². The molecule has 0 aromatic heterocycles. The van der Waals surface area contributed by atoms with Gasteiger partial charge >= 0.3 is 18.5 Å². The molecule has 2 N–H and O–H groups in total. The van der Waals surface area contributed by atoms with Crippen LogP contribution in [0.15, 0.2) is 24.3 Å². The number of hydrogen-bond donors (Lipinski definition) is 1. The molecule has 0 saturated carbocycles. The zero-order valence-corrected chi connectivity index (χ0v) is 10.5. The lowest BCUT2D eigenvalue weighted by Crippen LogP contribution is -2.53. The Balaban J connectivity index is 3.07. The number of para-hydroxylation sites is 2. The lowest BCUT2D eigenvalue weighted by Gasteiger charge is -2.28. The van der Waals surface area contributed by atoms with Gasteiger partial charge in [-0.05, 0) is 12.1 Å². The van der Waals surface area contributed by atoms with Gasteiger partial charge in [0.2, 0.25) is 0 Å². The van der Waals surface area contributed by atoms with Gasteiger partial charge in [0.05, 0.1) is 0 Å². The van der Waals surface area contributed by atoms with Gasteiger partial charge in [0, 0.05) is 6.54 Å².